The van der Waals surface area contributed by atoms with Gasteiger partial charge in [-0.1, -0.05) is 0 Å². The Morgan fingerprint density at radius 1 is 1.38 bits per heavy atom. The van der Waals surface area contributed by atoms with Crippen molar-refractivity contribution >= 4 is 24.1 Å². The molecule has 0 aliphatic carbocycles. The van der Waals surface area contributed by atoms with Crippen LogP contribution in [0.3, 0.4) is 0 Å². The van der Waals surface area contributed by atoms with E-state index in [0.29, 0.717) is 0 Å². The van der Waals surface area contributed by atoms with Crippen LogP contribution in [-0.2, 0) is 4.79 Å². The van der Waals surface area contributed by atoms with E-state index in [1.165, 1.54) is 13.4 Å². The number of imide groups is 1. The van der Waals surface area contributed by atoms with Crippen molar-refractivity contribution in [3.8, 4) is 0 Å². The third-order valence-corrected chi connectivity index (χ3v) is 2.09. The first-order chi connectivity index (χ1) is 6.11. The number of urea groups is 1. The van der Waals surface area contributed by atoms with Crippen LogP contribution >= 0.6 is 0 Å². The SMILES string of the molecule is CN1C(=O)N=C2N=CN(C)C2C1=O. The number of hydrogen-bond donors (Lipinski definition) is 0. The quantitative estimate of drug-likeness (QED) is 0.496. The van der Waals surface area contributed by atoms with Gasteiger partial charge >= 0.3 is 6.03 Å². The highest BCUT2D eigenvalue weighted by Crippen LogP contribution is 2.15. The van der Waals surface area contributed by atoms with Gasteiger partial charge < -0.3 is 4.90 Å². The lowest BCUT2D eigenvalue weighted by atomic mass is 10.2. The largest absolute Gasteiger partial charge is 0.351 e. The second-order valence-electron chi connectivity index (χ2n) is 2.96. The normalized spacial score (nSPS) is 26.6. The van der Waals surface area contributed by atoms with Crippen LogP contribution in [-0.4, -0.2) is 54.0 Å². The minimum Gasteiger partial charge on any atom is -0.347 e. The molecule has 1 unspecified atom stereocenters. The Morgan fingerprint density at radius 3 is 2.77 bits per heavy atom. The first-order valence-electron chi connectivity index (χ1n) is 3.77. The summed E-state index contributed by atoms with van der Waals surface area (Å²) in [5, 5.41) is 0. The number of carbonyl (C=O) groups excluding carboxylic acids is 2. The van der Waals surface area contributed by atoms with Crippen LogP contribution in [0.15, 0.2) is 9.98 Å². The maximum Gasteiger partial charge on any atom is 0.351 e. The first kappa shape index (κ1) is 7.90. The third kappa shape index (κ3) is 0.947. The van der Waals surface area contributed by atoms with Crippen molar-refractivity contribution in [1.29, 1.82) is 0 Å². The molecule has 0 spiro atoms. The molecular formula is C7H8N4O2. The van der Waals surface area contributed by atoms with E-state index in [0.717, 1.165) is 4.90 Å². The van der Waals surface area contributed by atoms with E-state index in [1.807, 2.05) is 0 Å². The molecule has 0 aromatic rings. The van der Waals surface area contributed by atoms with Crippen molar-refractivity contribution in [1.82, 2.24) is 9.80 Å². The van der Waals surface area contributed by atoms with Gasteiger partial charge in [-0.3, -0.25) is 9.69 Å². The van der Waals surface area contributed by atoms with Gasteiger partial charge in [0.1, 0.15) is 0 Å². The number of carbonyl (C=O) groups is 2. The summed E-state index contributed by atoms with van der Waals surface area (Å²) < 4.78 is 0. The number of amidine groups is 1. The molecular weight excluding hydrogens is 172 g/mol. The minimum atomic E-state index is -0.552. The van der Waals surface area contributed by atoms with Crippen molar-refractivity contribution in [3.05, 3.63) is 0 Å². The van der Waals surface area contributed by atoms with Crippen molar-refractivity contribution in [2.45, 2.75) is 6.04 Å². The average molecular weight is 180 g/mol. The highest BCUT2D eigenvalue weighted by molar-refractivity contribution is 6.22. The summed E-state index contributed by atoms with van der Waals surface area (Å²) in [5.41, 5.74) is 0. The summed E-state index contributed by atoms with van der Waals surface area (Å²) >= 11 is 0. The van der Waals surface area contributed by atoms with Crippen LogP contribution in [0.2, 0.25) is 0 Å². The lowest BCUT2D eigenvalue weighted by Gasteiger charge is -2.25. The standard InChI is InChI=1S/C7H8N4O2/c1-10-3-8-5-4(10)6(12)11(2)7(13)9-5/h3-4H,1-2H3. The van der Waals surface area contributed by atoms with Gasteiger partial charge in [-0.15, -0.1) is 0 Å². The number of likely N-dealkylation sites (N-methyl/N-ethyl adjacent to an activating group) is 2. The van der Waals surface area contributed by atoms with Crippen LogP contribution in [0.4, 0.5) is 4.79 Å². The van der Waals surface area contributed by atoms with Gasteiger partial charge in [0.15, 0.2) is 11.9 Å². The fourth-order valence-electron chi connectivity index (χ4n) is 1.29. The molecule has 0 aromatic heterocycles. The van der Waals surface area contributed by atoms with Crippen molar-refractivity contribution < 1.29 is 9.59 Å². The second-order valence-corrected chi connectivity index (χ2v) is 2.96. The molecule has 2 rings (SSSR count). The van der Waals surface area contributed by atoms with E-state index in [2.05, 4.69) is 9.98 Å². The van der Waals surface area contributed by atoms with Gasteiger partial charge in [0, 0.05) is 14.1 Å². The summed E-state index contributed by atoms with van der Waals surface area (Å²) in [4.78, 5) is 32.8. The zero-order chi connectivity index (χ0) is 9.59. The monoisotopic (exact) mass is 180 g/mol. The third-order valence-electron chi connectivity index (χ3n) is 2.09. The zero-order valence-electron chi connectivity index (χ0n) is 7.26. The van der Waals surface area contributed by atoms with Gasteiger partial charge in [0.25, 0.3) is 5.91 Å². The molecule has 2 aliphatic rings. The van der Waals surface area contributed by atoms with Crippen LogP contribution in [0, 0.1) is 0 Å². The molecule has 2 aliphatic heterocycles. The number of fused-ring (bicyclic) bond motifs is 1. The van der Waals surface area contributed by atoms with Crippen LogP contribution in [0.25, 0.3) is 0 Å². The average Bonchev–Trinajstić information content (AvgIpc) is 2.43. The molecule has 6 nitrogen and oxygen atoms in total. The lowest BCUT2D eigenvalue weighted by molar-refractivity contribution is -0.129. The minimum absolute atomic E-state index is 0.282. The first-order valence-corrected chi connectivity index (χ1v) is 3.77. The Bertz CT molecular complexity index is 346. The van der Waals surface area contributed by atoms with Crippen LogP contribution in [0.1, 0.15) is 0 Å². The molecule has 0 N–H and O–H groups in total. The van der Waals surface area contributed by atoms with E-state index in [4.69, 9.17) is 0 Å². The Balaban J connectivity index is 2.44. The van der Waals surface area contributed by atoms with Crippen molar-refractivity contribution in [3.63, 3.8) is 0 Å². The number of rotatable bonds is 0. The fraction of sp³-hybridized carbons (Fsp3) is 0.429. The molecule has 0 fully saturated rings. The predicted molar refractivity (Wildman–Crippen MR) is 45.6 cm³/mol. The maximum atomic E-state index is 11.5. The van der Waals surface area contributed by atoms with Crippen molar-refractivity contribution in [2.24, 2.45) is 9.98 Å². The molecule has 13 heavy (non-hydrogen) atoms. The number of amides is 3. The van der Waals surface area contributed by atoms with E-state index >= 15 is 0 Å². The molecule has 0 saturated carbocycles. The Kier molecular flexibility index (Phi) is 1.45. The van der Waals surface area contributed by atoms with Gasteiger partial charge in [0.05, 0.1) is 6.34 Å². The Morgan fingerprint density at radius 2 is 2.08 bits per heavy atom. The topological polar surface area (TPSA) is 65.3 Å². The molecule has 68 valence electrons. The summed E-state index contributed by atoms with van der Waals surface area (Å²) in [6.07, 6.45) is 1.49. The van der Waals surface area contributed by atoms with Gasteiger partial charge in [0.2, 0.25) is 0 Å². The Hall–Kier alpha value is -1.72. The molecule has 0 aromatic carbocycles. The van der Waals surface area contributed by atoms with E-state index in [-0.39, 0.29) is 11.7 Å². The molecule has 0 radical (unpaired) electrons. The van der Waals surface area contributed by atoms with E-state index < -0.39 is 12.1 Å². The van der Waals surface area contributed by atoms with E-state index in [9.17, 15) is 9.59 Å². The molecule has 1 atom stereocenters. The number of aliphatic imine (C=N–C) groups is 2. The highest BCUT2D eigenvalue weighted by Gasteiger charge is 2.39. The smallest absolute Gasteiger partial charge is 0.347 e. The zero-order valence-corrected chi connectivity index (χ0v) is 7.26. The number of hydrogen-bond acceptors (Lipinski definition) is 4. The molecule has 3 amide bonds. The molecule has 0 bridgehead atoms. The summed E-state index contributed by atoms with van der Waals surface area (Å²) in [5.74, 6) is 0.00519. The van der Waals surface area contributed by atoms with Gasteiger partial charge in [-0.25, -0.2) is 9.79 Å². The molecule has 6 heteroatoms. The fourth-order valence-corrected chi connectivity index (χ4v) is 1.29. The maximum absolute atomic E-state index is 11.5. The number of nitrogens with zero attached hydrogens (tertiary/aromatic N) is 4. The summed E-state index contributed by atoms with van der Waals surface area (Å²) in [7, 11) is 3.13. The summed E-state index contributed by atoms with van der Waals surface area (Å²) in [6, 6.07) is -1.06. The second kappa shape index (κ2) is 2.38. The molecule has 0 saturated heterocycles. The van der Waals surface area contributed by atoms with Crippen LogP contribution in [0.5, 0.6) is 0 Å². The lowest BCUT2D eigenvalue weighted by Crippen LogP contribution is -2.51. The molecule has 2 heterocycles. The van der Waals surface area contributed by atoms with Crippen molar-refractivity contribution in [2.75, 3.05) is 14.1 Å². The van der Waals surface area contributed by atoms with E-state index in [1.54, 1.807) is 11.9 Å². The Labute approximate surface area is 74.6 Å². The highest BCUT2D eigenvalue weighted by atomic mass is 16.2. The predicted octanol–water partition coefficient (Wildman–Crippen LogP) is -0.681. The summed E-state index contributed by atoms with van der Waals surface area (Å²) in [6.45, 7) is 0. The van der Waals surface area contributed by atoms with Gasteiger partial charge in [-0.2, -0.15) is 4.99 Å². The van der Waals surface area contributed by atoms with Crippen LogP contribution < -0.4 is 0 Å². The van der Waals surface area contributed by atoms with Gasteiger partial charge in [-0.05, 0) is 0 Å².